The summed E-state index contributed by atoms with van der Waals surface area (Å²) in [4.78, 5) is 31.2. The van der Waals surface area contributed by atoms with Crippen molar-refractivity contribution in [2.45, 2.75) is 13.3 Å². The molecule has 0 radical (unpaired) electrons. The Hall–Kier alpha value is -4.46. The average molecular weight is 510 g/mol. The second-order valence-electron chi connectivity index (χ2n) is 9.29. The first-order chi connectivity index (χ1) is 18.6. The Bertz CT molecular complexity index is 1330. The molecule has 2 aromatic heterocycles. The third kappa shape index (κ3) is 5.75. The zero-order valence-electron chi connectivity index (χ0n) is 21.5. The van der Waals surface area contributed by atoms with Gasteiger partial charge in [-0.05, 0) is 41.8 Å². The van der Waals surface area contributed by atoms with Gasteiger partial charge in [-0.15, -0.1) is 10.2 Å². The van der Waals surface area contributed by atoms with Crippen LogP contribution < -0.4 is 4.90 Å². The van der Waals surface area contributed by atoms with Crippen LogP contribution in [0.4, 0.5) is 5.82 Å². The van der Waals surface area contributed by atoms with E-state index in [0.717, 1.165) is 29.1 Å². The van der Waals surface area contributed by atoms with Gasteiger partial charge in [-0.2, -0.15) is 0 Å². The first kappa shape index (κ1) is 25.2. The van der Waals surface area contributed by atoms with Crippen LogP contribution in [0.2, 0.25) is 0 Å². The quantitative estimate of drug-likeness (QED) is 0.345. The average Bonchev–Trinajstić information content (AvgIpc) is 3.53. The van der Waals surface area contributed by atoms with Gasteiger partial charge >= 0.3 is 0 Å². The maximum atomic E-state index is 13.0. The van der Waals surface area contributed by atoms with Crippen molar-refractivity contribution in [3.8, 4) is 22.4 Å². The molecule has 0 unspecified atom stereocenters. The number of nitrogens with zero attached hydrogens (tertiary/aromatic N) is 5. The second-order valence-corrected chi connectivity index (χ2v) is 9.29. The van der Waals surface area contributed by atoms with Crippen LogP contribution in [-0.4, -0.2) is 71.1 Å². The van der Waals surface area contributed by atoms with Gasteiger partial charge in [-0.3, -0.25) is 9.59 Å². The molecule has 0 saturated carbocycles. The Morgan fingerprint density at radius 2 is 1.53 bits per heavy atom. The highest BCUT2D eigenvalue weighted by Gasteiger charge is 2.26. The van der Waals surface area contributed by atoms with E-state index in [1.807, 2.05) is 42.2 Å². The molecule has 0 N–H and O–H groups in total. The Balaban J connectivity index is 1.16. The molecule has 1 fully saturated rings. The van der Waals surface area contributed by atoms with Crippen molar-refractivity contribution >= 4 is 17.6 Å². The number of hydrogen-bond donors (Lipinski definition) is 0. The molecule has 8 heteroatoms. The normalized spacial score (nSPS) is 13.4. The maximum absolute atomic E-state index is 13.0. The zero-order chi connectivity index (χ0) is 26.3. The van der Waals surface area contributed by atoms with E-state index in [1.165, 1.54) is 11.8 Å². The fraction of sp³-hybridized carbons (Fsp3) is 0.267. The Labute approximate surface area is 222 Å². The van der Waals surface area contributed by atoms with Gasteiger partial charge in [0, 0.05) is 38.3 Å². The summed E-state index contributed by atoms with van der Waals surface area (Å²) in [6.45, 7) is 4.98. The minimum Gasteiger partial charge on any atom is -0.459 e. The highest BCUT2D eigenvalue weighted by atomic mass is 16.3. The van der Waals surface area contributed by atoms with Crippen molar-refractivity contribution in [2.75, 3.05) is 44.2 Å². The highest BCUT2D eigenvalue weighted by molar-refractivity contribution is 5.94. The number of furan rings is 1. The third-order valence-electron chi connectivity index (χ3n) is 6.73. The van der Waals surface area contributed by atoms with E-state index in [1.54, 1.807) is 17.0 Å². The van der Waals surface area contributed by atoms with Crippen LogP contribution in [-0.2, 0) is 4.79 Å². The number of carbonyl (C=O) groups is 2. The van der Waals surface area contributed by atoms with Gasteiger partial charge in [-0.1, -0.05) is 61.5 Å². The summed E-state index contributed by atoms with van der Waals surface area (Å²) >= 11 is 0. The first-order valence-electron chi connectivity index (χ1n) is 13.0. The van der Waals surface area contributed by atoms with Gasteiger partial charge in [-0.25, -0.2) is 0 Å². The summed E-state index contributed by atoms with van der Waals surface area (Å²) in [5.41, 5.74) is 4.18. The van der Waals surface area contributed by atoms with Gasteiger partial charge < -0.3 is 19.1 Å². The molecule has 0 aliphatic carbocycles. The molecule has 2 amide bonds. The molecule has 194 valence electrons. The third-order valence-corrected chi connectivity index (χ3v) is 6.73. The number of carbonyl (C=O) groups excluding carboxylic acids is 2. The Morgan fingerprint density at radius 1 is 0.816 bits per heavy atom. The topological polar surface area (TPSA) is 82.8 Å². The van der Waals surface area contributed by atoms with E-state index in [2.05, 4.69) is 51.5 Å². The van der Waals surface area contributed by atoms with Crippen molar-refractivity contribution < 1.29 is 14.0 Å². The van der Waals surface area contributed by atoms with Crippen LogP contribution in [0.5, 0.6) is 0 Å². The number of hydrogen-bond acceptors (Lipinski definition) is 6. The lowest BCUT2D eigenvalue weighted by Gasteiger charge is -2.36. The van der Waals surface area contributed by atoms with E-state index < -0.39 is 0 Å². The number of benzene rings is 2. The Kier molecular flexibility index (Phi) is 7.78. The molecule has 3 heterocycles. The first-order valence-corrected chi connectivity index (χ1v) is 13.0. The fourth-order valence-electron chi connectivity index (χ4n) is 4.64. The van der Waals surface area contributed by atoms with Gasteiger partial charge in [0.15, 0.2) is 11.6 Å². The predicted molar refractivity (Wildman–Crippen MR) is 147 cm³/mol. The molecule has 0 bridgehead atoms. The van der Waals surface area contributed by atoms with E-state index in [9.17, 15) is 9.59 Å². The Morgan fingerprint density at radius 3 is 2.16 bits per heavy atom. The zero-order valence-corrected chi connectivity index (χ0v) is 21.5. The molecule has 2 aromatic carbocycles. The summed E-state index contributed by atoms with van der Waals surface area (Å²) < 4.78 is 5.24. The van der Waals surface area contributed by atoms with Crippen LogP contribution in [0.25, 0.3) is 22.4 Å². The predicted octanol–water partition coefficient (Wildman–Crippen LogP) is 4.60. The van der Waals surface area contributed by atoms with E-state index in [4.69, 9.17) is 4.42 Å². The van der Waals surface area contributed by atoms with Crippen molar-refractivity contribution in [1.29, 1.82) is 0 Å². The van der Waals surface area contributed by atoms with Gasteiger partial charge in [0.25, 0.3) is 5.91 Å². The fourth-order valence-corrected chi connectivity index (χ4v) is 4.64. The van der Waals surface area contributed by atoms with Crippen LogP contribution >= 0.6 is 0 Å². The molecular weight excluding hydrogens is 478 g/mol. The summed E-state index contributed by atoms with van der Waals surface area (Å²) in [6, 6.07) is 25.9. The molecule has 8 nitrogen and oxygen atoms in total. The molecule has 0 atom stereocenters. The summed E-state index contributed by atoms with van der Waals surface area (Å²) in [6.07, 6.45) is 2.23. The molecule has 5 rings (SSSR count). The van der Waals surface area contributed by atoms with Crippen molar-refractivity contribution in [3.63, 3.8) is 0 Å². The summed E-state index contributed by atoms with van der Waals surface area (Å²) in [5, 5.41) is 8.92. The van der Waals surface area contributed by atoms with Crippen molar-refractivity contribution in [3.05, 3.63) is 90.9 Å². The molecule has 4 aromatic rings. The lowest BCUT2D eigenvalue weighted by Crippen LogP contribution is -2.52. The number of piperazine rings is 1. The smallest absolute Gasteiger partial charge is 0.290 e. The largest absolute Gasteiger partial charge is 0.459 e. The number of anilines is 1. The minimum absolute atomic E-state index is 0.0466. The molecular formula is C30H31N5O3. The monoisotopic (exact) mass is 509 g/mol. The van der Waals surface area contributed by atoms with Crippen molar-refractivity contribution in [2.24, 2.45) is 0 Å². The molecule has 1 aliphatic rings. The second kappa shape index (κ2) is 11.7. The summed E-state index contributed by atoms with van der Waals surface area (Å²) in [7, 11) is 0. The van der Waals surface area contributed by atoms with E-state index in [0.29, 0.717) is 32.7 Å². The van der Waals surface area contributed by atoms with Crippen LogP contribution in [0.15, 0.2) is 89.5 Å². The van der Waals surface area contributed by atoms with Crippen LogP contribution in [0, 0.1) is 0 Å². The van der Waals surface area contributed by atoms with E-state index in [-0.39, 0.29) is 24.1 Å². The number of rotatable bonds is 8. The SMILES string of the molecule is CCCN(CC(=O)N1CCN(c2ccc(-c3ccc(-c4ccccc4)cc3)nn2)CC1)C(=O)c1ccco1. The molecule has 1 aliphatic heterocycles. The van der Waals surface area contributed by atoms with Crippen molar-refractivity contribution in [1.82, 2.24) is 20.0 Å². The van der Waals surface area contributed by atoms with E-state index >= 15 is 0 Å². The van der Waals surface area contributed by atoms with Crippen LogP contribution in [0.3, 0.4) is 0 Å². The lowest BCUT2D eigenvalue weighted by molar-refractivity contribution is -0.132. The molecule has 38 heavy (non-hydrogen) atoms. The number of aromatic nitrogens is 2. The molecule has 0 spiro atoms. The van der Waals surface area contributed by atoms with Crippen LogP contribution in [0.1, 0.15) is 23.9 Å². The van der Waals surface area contributed by atoms with Gasteiger partial charge in [0.05, 0.1) is 12.0 Å². The summed E-state index contributed by atoms with van der Waals surface area (Å²) in [5.74, 6) is 0.736. The van der Waals surface area contributed by atoms with Gasteiger partial charge in [0.2, 0.25) is 5.91 Å². The van der Waals surface area contributed by atoms with Gasteiger partial charge in [0.1, 0.15) is 6.54 Å². The molecule has 1 saturated heterocycles. The lowest BCUT2D eigenvalue weighted by atomic mass is 10.0. The number of amides is 2. The standard InChI is InChI=1S/C30H31N5O3/c1-2-16-35(30(37)27-9-6-21-38-27)22-29(36)34-19-17-33(18-20-34)28-15-14-26(31-32-28)25-12-10-24(11-13-25)23-7-4-3-5-8-23/h3-15,21H,2,16-20,22H2,1H3. The maximum Gasteiger partial charge on any atom is 0.290 e. The highest BCUT2D eigenvalue weighted by Crippen LogP contribution is 2.24. The minimum atomic E-state index is -0.256.